The zero-order chi connectivity index (χ0) is 47.5. The van der Waals surface area contributed by atoms with Crippen LogP contribution in [-0.2, 0) is 64.3 Å². The zero-order valence-corrected chi connectivity index (χ0v) is 38.3. The van der Waals surface area contributed by atoms with Gasteiger partial charge in [-0.25, -0.2) is 9.59 Å². The fraction of sp³-hybridized carbons (Fsp3) is 0.321. The Morgan fingerprint density at radius 1 is 0.441 bits per heavy atom. The van der Waals surface area contributed by atoms with Gasteiger partial charge in [-0.15, -0.1) is 0 Å². The van der Waals surface area contributed by atoms with Crippen molar-refractivity contribution in [1.29, 1.82) is 0 Å². The van der Waals surface area contributed by atoms with Crippen LogP contribution in [0.2, 0.25) is 0 Å². The smallest absolute Gasteiger partial charge is 0.338 e. The van der Waals surface area contributed by atoms with Crippen molar-refractivity contribution >= 4 is 11.9 Å². The van der Waals surface area contributed by atoms with Crippen molar-refractivity contribution in [2.45, 2.75) is 101 Å². The third kappa shape index (κ3) is 14.2. The Morgan fingerprint density at radius 2 is 0.779 bits per heavy atom. The van der Waals surface area contributed by atoms with E-state index in [1.165, 1.54) is 0 Å². The molecule has 2 N–H and O–H groups in total. The number of hydrogen-bond donors (Lipinski definition) is 2. The molecule has 0 spiro atoms. The molecule has 0 saturated carbocycles. The third-order valence-electron chi connectivity index (χ3n) is 11.7. The van der Waals surface area contributed by atoms with Crippen molar-refractivity contribution in [1.82, 2.24) is 0 Å². The van der Waals surface area contributed by atoms with Crippen LogP contribution in [-0.4, -0.2) is 96.4 Å². The van der Waals surface area contributed by atoms with Gasteiger partial charge < -0.3 is 48.1 Å². The lowest BCUT2D eigenvalue weighted by atomic mass is 9.94. The van der Waals surface area contributed by atoms with Crippen LogP contribution in [0.3, 0.4) is 0 Å². The maximum Gasteiger partial charge on any atom is 0.338 e. The summed E-state index contributed by atoms with van der Waals surface area (Å²) < 4.78 is 48.3. The predicted octanol–water partition coefficient (Wildman–Crippen LogP) is 8.32. The molecular weight excluding hydrogens is 865 g/mol. The third-order valence-corrected chi connectivity index (χ3v) is 11.7. The maximum atomic E-state index is 12.9. The molecule has 2 heterocycles. The molecule has 2 aliphatic rings. The number of carbonyl (C=O) groups is 2. The Kier molecular flexibility index (Phi) is 19.0. The second kappa shape index (κ2) is 25.9. The van der Waals surface area contributed by atoms with Crippen molar-refractivity contribution in [3.63, 3.8) is 0 Å². The first-order valence-corrected chi connectivity index (χ1v) is 23.0. The first-order valence-electron chi connectivity index (χ1n) is 23.0. The minimum Gasteiger partial charge on any atom is -0.453 e. The van der Waals surface area contributed by atoms with E-state index < -0.39 is 73.0 Å². The van der Waals surface area contributed by atoms with Gasteiger partial charge in [0.1, 0.15) is 36.6 Å². The molecule has 0 aromatic heterocycles. The van der Waals surface area contributed by atoms with E-state index in [0.29, 0.717) is 30.9 Å². The molecule has 4 unspecified atom stereocenters. The standard InChI is InChI=1S/2C28H30O6/c1-20-25(34-28(30)23-15-9-4-10-16-23)27(32-19-22-13-7-3-8-14-22)26(24(17-29)33-20)31-18-21-11-5-2-6-12-21;1-20-26(34-28(30)23-15-9-4-10-16-23)27(32-18-22-13-7-3-8-14-22)25(29)24(33-20)19-31-17-21-11-5-2-6-12-21/h2*2-16,20,24-27,29H,17-19H2,1H3/t20-,24?,25?,26+,27-;20-,24?,25+,26?,27+/m00/s1. The van der Waals surface area contributed by atoms with Gasteiger partial charge in [0.05, 0.1) is 63.0 Å². The van der Waals surface area contributed by atoms with Gasteiger partial charge in [0.25, 0.3) is 0 Å². The minimum atomic E-state index is -1.04. The number of benzene rings is 6. The van der Waals surface area contributed by atoms with E-state index in [2.05, 4.69) is 0 Å². The van der Waals surface area contributed by atoms with Crippen molar-refractivity contribution < 1.29 is 57.7 Å². The van der Waals surface area contributed by atoms with Crippen LogP contribution < -0.4 is 0 Å². The summed E-state index contributed by atoms with van der Waals surface area (Å²) in [7, 11) is 0. The van der Waals surface area contributed by atoms with Crippen LogP contribution >= 0.6 is 0 Å². The van der Waals surface area contributed by atoms with Gasteiger partial charge in [-0.1, -0.05) is 158 Å². The van der Waals surface area contributed by atoms with Crippen molar-refractivity contribution in [2.24, 2.45) is 0 Å². The normalized spacial score (nSPS) is 24.5. The van der Waals surface area contributed by atoms with E-state index in [1.807, 2.05) is 147 Å². The second-order valence-corrected chi connectivity index (χ2v) is 16.7. The summed E-state index contributed by atoms with van der Waals surface area (Å²) in [6.07, 6.45) is -6.83. The highest BCUT2D eigenvalue weighted by atomic mass is 16.6. The summed E-state index contributed by atoms with van der Waals surface area (Å²) in [5, 5.41) is 21.2. The molecule has 2 fully saturated rings. The van der Waals surface area contributed by atoms with E-state index in [4.69, 9.17) is 37.9 Å². The first kappa shape index (κ1) is 49.8. The largest absolute Gasteiger partial charge is 0.453 e. The second-order valence-electron chi connectivity index (χ2n) is 16.7. The van der Waals surface area contributed by atoms with E-state index in [9.17, 15) is 19.8 Å². The monoisotopic (exact) mass is 924 g/mol. The van der Waals surface area contributed by atoms with Crippen LogP contribution in [0.4, 0.5) is 0 Å². The quantitative estimate of drug-likeness (QED) is 0.0799. The Labute approximate surface area is 398 Å². The van der Waals surface area contributed by atoms with Gasteiger partial charge in [0.2, 0.25) is 0 Å². The molecule has 0 radical (unpaired) electrons. The predicted molar refractivity (Wildman–Crippen MR) is 254 cm³/mol. The Hall–Kier alpha value is -6.06. The highest BCUT2D eigenvalue weighted by Crippen LogP contribution is 2.31. The van der Waals surface area contributed by atoms with E-state index in [0.717, 1.165) is 22.3 Å². The molecular formula is C56H60O12. The Bertz CT molecular complexity index is 2350. The summed E-state index contributed by atoms with van der Waals surface area (Å²) >= 11 is 0. The lowest BCUT2D eigenvalue weighted by Crippen LogP contribution is -2.60. The van der Waals surface area contributed by atoms with Gasteiger partial charge in [-0.05, 0) is 60.4 Å². The average Bonchev–Trinajstić information content (AvgIpc) is 3.39. The lowest BCUT2D eigenvalue weighted by Gasteiger charge is -2.44. The number of carbonyl (C=O) groups excluding carboxylic acids is 2. The summed E-state index contributed by atoms with van der Waals surface area (Å²) in [5.41, 5.74) is 4.84. The minimum absolute atomic E-state index is 0.185. The van der Waals surface area contributed by atoms with Crippen LogP contribution in [0, 0.1) is 0 Å². The van der Waals surface area contributed by atoms with Gasteiger partial charge in [0.15, 0.2) is 12.2 Å². The van der Waals surface area contributed by atoms with Gasteiger partial charge in [0, 0.05) is 0 Å². The van der Waals surface area contributed by atoms with E-state index in [-0.39, 0.29) is 19.8 Å². The molecule has 0 aliphatic carbocycles. The van der Waals surface area contributed by atoms with E-state index >= 15 is 0 Å². The van der Waals surface area contributed by atoms with Crippen LogP contribution in [0.25, 0.3) is 0 Å². The fourth-order valence-electron chi connectivity index (χ4n) is 8.10. The molecule has 0 amide bonds. The number of aliphatic hydroxyl groups is 2. The fourth-order valence-corrected chi connectivity index (χ4v) is 8.10. The lowest BCUT2D eigenvalue weighted by molar-refractivity contribution is -0.253. The van der Waals surface area contributed by atoms with Gasteiger partial charge in [-0.3, -0.25) is 0 Å². The molecule has 12 nitrogen and oxygen atoms in total. The first-order chi connectivity index (χ1) is 33.3. The highest BCUT2D eigenvalue weighted by Gasteiger charge is 2.49. The molecule has 0 bridgehead atoms. The number of esters is 2. The maximum absolute atomic E-state index is 12.9. The van der Waals surface area contributed by atoms with Crippen LogP contribution in [0.5, 0.6) is 0 Å². The number of aliphatic hydroxyl groups excluding tert-OH is 2. The molecule has 2 aliphatic heterocycles. The summed E-state index contributed by atoms with van der Waals surface area (Å²) in [4.78, 5) is 25.6. The SMILES string of the molecule is C[C@@H]1OC(CO)[C@@H](OCc2ccccc2)[C@@H](OCc2ccccc2)C1OC(=O)c1ccccc1.C[C@@H]1OC(COCc2ccccc2)[C@@H](O)[C@@H](OCc2ccccc2)C1OC(=O)c1ccccc1. The molecule has 8 rings (SSSR count). The Morgan fingerprint density at radius 3 is 1.19 bits per heavy atom. The van der Waals surface area contributed by atoms with Gasteiger partial charge >= 0.3 is 11.9 Å². The topological polar surface area (TPSA) is 148 Å². The van der Waals surface area contributed by atoms with Crippen LogP contribution in [0.15, 0.2) is 182 Å². The van der Waals surface area contributed by atoms with E-state index in [1.54, 1.807) is 48.5 Å². The average molecular weight is 925 g/mol. The number of hydrogen-bond acceptors (Lipinski definition) is 12. The molecule has 68 heavy (non-hydrogen) atoms. The number of ether oxygens (including phenoxy) is 8. The summed E-state index contributed by atoms with van der Waals surface area (Å²) in [6, 6.07) is 56.6. The molecule has 12 heteroatoms. The number of rotatable bonds is 18. The summed E-state index contributed by atoms with van der Waals surface area (Å²) in [6.45, 7) is 4.87. The molecule has 356 valence electrons. The highest BCUT2D eigenvalue weighted by molar-refractivity contribution is 5.90. The van der Waals surface area contributed by atoms with Crippen molar-refractivity contribution in [3.8, 4) is 0 Å². The van der Waals surface area contributed by atoms with Crippen LogP contribution in [0.1, 0.15) is 56.8 Å². The molecule has 10 atom stereocenters. The zero-order valence-electron chi connectivity index (χ0n) is 38.3. The van der Waals surface area contributed by atoms with Crippen molar-refractivity contribution in [3.05, 3.63) is 215 Å². The van der Waals surface area contributed by atoms with Crippen molar-refractivity contribution in [2.75, 3.05) is 13.2 Å². The molecule has 2 saturated heterocycles. The molecule has 6 aromatic carbocycles. The van der Waals surface area contributed by atoms with Gasteiger partial charge in [-0.2, -0.15) is 0 Å². The summed E-state index contributed by atoms with van der Waals surface area (Å²) in [5.74, 6) is -0.945. The Balaban J connectivity index is 0.000000201. The molecule has 6 aromatic rings.